The van der Waals surface area contributed by atoms with E-state index in [1.54, 1.807) is 0 Å². The molecular formula is C17H13N. The van der Waals surface area contributed by atoms with Gasteiger partial charge in [-0.25, -0.2) is 0 Å². The van der Waals surface area contributed by atoms with Gasteiger partial charge in [-0.15, -0.1) is 0 Å². The number of benzene rings is 3. The highest BCUT2D eigenvalue weighted by molar-refractivity contribution is 5.92. The van der Waals surface area contributed by atoms with Gasteiger partial charge in [0.05, 0.1) is 0 Å². The molecule has 1 N–H and O–H groups in total. The lowest BCUT2D eigenvalue weighted by Crippen LogP contribution is -2.06. The predicted octanol–water partition coefficient (Wildman–Crippen LogP) is 4.49. The fourth-order valence-corrected chi connectivity index (χ4v) is 2.78. The first-order valence-corrected chi connectivity index (χ1v) is 6.27. The molecule has 0 atom stereocenters. The number of nitrogens with one attached hydrogen (secondary N) is 1. The molecule has 3 aromatic rings. The van der Waals surface area contributed by atoms with Crippen LogP contribution in [0, 0.1) is 0 Å². The van der Waals surface area contributed by atoms with Crippen molar-refractivity contribution < 1.29 is 0 Å². The predicted molar refractivity (Wildman–Crippen MR) is 76.5 cm³/mol. The highest BCUT2D eigenvalue weighted by Crippen LogP contribution is 2.36. The molecule has 0 aliphatic carbocycles. The molecule has 18 heavy (non-hydrogen) atoms. The molecule has 4 rings (SSSR count). The van der Waals surface area contributed by atoms with Gasteiger partial charge in [0.15, 0.2) is 0 Å². The van der Waals surface area contributed by atoms with Gasteiger partial charge in [0, 0.05) is 17.8 Å². The van der Waals surface area contributed by atoms with Crippen LogP contribution in [0.3, 0.4) is 0 Å². The zero-order chi connectivity index (χ0) is 11.9. The van der Waals surface area contributed by atoms with E-state index in [1.165, 1.54) is 33.3 Å². The van der Waals surface area contributed by atoms with Gasteiger partial charge in [0.25, 0.3) is 0 Å². The van der Waals surface area contributed by atoms with Crippen LogP contribution < -0.4 is 5.32 Å². The van der Waals surface area contributed by atoms with Crippen molar-refractivity contribution in [3.8, 4) is 0 Å². The van der Waals surface area contributed by atoms with Crippen molar-refractivity contribution in [3.63, 3.8) is 0 Å². The number of anilines is 2. The van der Waals surface area contributed by atoms with Crippen molar-refractivity contribution in [1.29, 1.82) is 0 Å². The molecule has 1 aliphatic rings. The van der Waals surface area contributed by atoms with Crippen LogP contribution in [0.4, 0.5) is 11.4 Å². The van der Waals surface area contributed by atoms with Gasteiger partial charge in [-0.2, -0.15) is 0 Å². The van der Waals surface area contributed by atoms with Crippen LogP contribution in [-0.4, -0.2) is 0 Å². The zero-order valence-electron chi connectivity index (χ0n) is 9.98. The summed E-state index contributed by atoms with van der Waals surface area (Å²) in [5, 5.41) is 6.21. The van der Waals surface area contributed by atoms with Crippen LogP contribution in [0.15, 0.2) is 60.7 Å². The molecule has 86 valence electrons. The number of para-hydroxylation sites is 1. The van der Waals surface area contributed by atoms with Crippen LogP contribution in [0.1, 0.15) is 11.1 Å². The van der Waals surface area contributed by atoms with Gasteiger partial charge >= 0.3 is 0 Å². The first kappa shape index (κ1) is 9.72. The Bertz CT molecular complexity index is 743. The third-order valence-electron chi connectivity index (χ3n) is 3.69. The quantitative estimate of drug-likeness (QED) is 0.470. The molecule has 1 heteroatoms. The topological polar surface area (TPSA) is 12.0 Å². The molecule has 3 aromatic carbocycles. The van der Waals surface area contributed by atoms with E-state index in [2.05, 4.69) is 66.0 Å². The molecule has 0 aromatic heterocycles. The Morgan fingerprint density at radius 1 is 0.722 bits per heavy atom. The molecule has 0 radical (unpaired) electrons. The van der Waals surface area contributed by atoms with E-state index in [0.29, 0.717) is 0 Å². The SMILES string of the molecule is c1ccc2c(c1)Cc1c(ccc3ccccc13)N2. The Morgan fingerprint density at radius 3 is 2.56 bits per heavy atom. The first-order valence-electron chi connectivity index (χ1n) is 6.27. The average Bonchev–Trinajstić information content (AvgIpc) is 2.45. The normalized spacial score (nSPS) is 12.7. The Hall–Kier alpha value is -2.28. The van der Waals surface area contributed by atoms with Crippen molar-refractivity contribution in [3.05, 3.63) is 71.8 Å². The Balaban J connectivity index is 1.98. The Kier molecular flexibility index (Phi) is 1.95. The fraction of sp³-hybridized carbons (Fsp3) is 0.0588. The smallest absolute Gasteiger partial charge is 0.0426 e. The van der Waals surface area contributed by atoms with Crippen molar-refractivity contribution >= 4 is 22.1 Å². The second kappa shape index (κ2) is 3.61. The summed E-state index contributed by atoms with van der Waals surface area (Å²) in [4.78, 5) is 0. The number of fused-ring (bicyclic) bond motifs is 4. The summed E-state index contributed by atoms with van der Waals surface area (Å²) in [6.07, 6.45) is 1.01. The summed E-state index contributed by atoms with van der Waals surface area (Å²) < 4.78 is 0. The van der Waals surface area contributed by atoms with E-state index in [-0.39, 0.29) is 0 Å². The highest BCUT2D eigenvalue weighted by atomic mass is 14.9. The van der Waals surface area contributed by atoms with Crippen molar-refractivity contribution in [2.45, 2.75) is 6.42 Å². The summed E-state index contributed by atoms with van der Waals surface area (Å²) in [7, 11) is 0. The number of hydrogen-bond acceptors (Lipinski definition) is 1. The van der Waals surface area contributed by atoms with Gasteiger partial charge in [0.1, 0.15) is 0 Å². The van der Waals surface area contributed by atoms with Gasteiger partial charge in [0.2, 0.25) is 0 Å². The van der Waals surface area contributed by atoms with Crippen LogP contribution in [0.2, 0.25) is 0 Å². The van der Waals surface area contributed by atoms with Gasteiger partial charge in [-0.3, -0.25) is 0 Å². The molecule has 0 fully saturated rings. The van der Waals surface area contributed by atoms with E-state index in [1.807, 2.05) is 0 Å². The maximum absolute atomic E-state index is 3.53. The third kappa shape index (κ3) is 1.34. The zero-order valence-corrected chi connectivity index (χ0v) is 9.98. The lowest BCUT2D eigenvalue weighted by molar-refractivity contribution is 1.18. The summed E-state index contributed by atoms with van der Waals surface area (Å²) >= 11 is 0. The Morgan fingerprint density at radius 2 is 1.56 bits per heavy atom. The van der Waals surface area contributed by atoms with Gasteiger partial charge < -0.3 is 5.32 Å². The van der Waals surface area contributed by atoms with Gasteiger partial charge in [-0.1, -0.05) is 48.5 Å². The summed E-state index contributed by atoms with van der Waals surface area (Å²) in [6.45, 7) is 0. The summed E-state index contributed by atoms with van der Waals surface area (Å²) in [5.74, 6) is 0. The molecule has 1 aliphatic heterocycles. The Labute approximate surface area is 106 Å². The van der Waals surface area contributed by atoms with Crippen molar-refractivity contribution in [1.82, 2.24) is 0 Å². The molecule has 0 amide bonds. The van der Waals surface area contributed by atoms with E-state index >= 15 is 0 Å². The largest absolute Gasteiger partial charge is 0.355 e. The lowest BCUT2D eigenvalue weighted by atomic mass is 9.93. The third-order valence-corrected chi connectivity index (χ3v) is 3.69. The highest BCUT2D eigenvalue weighted by Gasteiger charge is 2.15. The van der Waals surface area contributed by atoms with Crippen molar-refractivity contribution in [2.75, 3.05) is 5.32 Å². The first-order chi connectivity index (χ1) is 8.92. The molecule has 0 bridgehead atoms. The molecule has 0 saturated carbocycles. The maximum atomic E-state index is 3.53. The summed E-state index contributed by atoms with van der Waals surface area (Å²) in [5.41, 5.74) is 5.26. The molecule has 0 saturated heterocycles. The molecular weight excluding hydrogens is 218 g/mol. The van der Waals surface area contributed by atoms with Crippen LogP contribution in [0.5, 0.6) is 0 Å². The molecule has 1 nitrogen and oxygen atoms in total. The average molecular weight is 231 g/mol. The number of hydrogen-bond donors (Lipinski definition) is 1. The minimum Gasteiger partial charge on any atom is -0.355 e. The fourth-order valence-electron chi connectivity index (χ4n) is 2.78. The van der Waals surface area contributed by atoms with Crippen molar-refractivity contribution in [2.24, 2.45) is 0 Å². The second-order valence-electron chi connectivity index (χ2n) is 4.77. The standard InChI is InChI=1S/C17H13N/c1-3-7-14-12(5-1)9-10-17-15(14)11-13-6-2-4-8-16(13)18-17/h1-10,18H,11H2. The van der Waals surface area contributed by atoms with E-state index in [0.717, 1.165) is 6.42 Å². The number of rotatable bonds is 0. The minimum atomic E-state index is 1.01. The van der Waals surface area contributed by atoms with E-state index in [4.69, 9.17) is 0 Å². The van der Waals surface area contributed by atoms with E-state index in [9.17, 15) is 0 Å². The minimum absolute atomic E-state index is 1.01. The molecule has 0 spiro atoms. The van der Waals surface area contributed by atoms with Crippen LogP contribution in [0.25, 0.3) is 10.8 Å². The van der Waals surface area contributed by atoms with Crippen LogP contribution in [-0.2, 0) is 6.42 Å². The maximum Gasteiger partial charge on any atom is 0.0426 e. The van der Waals surface area contributed by atoms with E-state index < -0.39 is 0 Å². The molecule has 0 unspecified atom stereocenters. The van der Waals surface area contributed by atoms with Crippen LogP contribution >= 0.6 is 0 Å². The molecule has 1 heterocycles. The van der Waals surface area contributed by atoms with Gasteiger partial charge in [-0.05, 0) is 34.0 Å². The lowest BCUT2D eigenvalue weighted by Gasteiger charge is -2.22. The summed E-state index contributed by atoms with van der Waals surface area (Å²) in [6, 6.07) is 21.5. The second-order valence-corrected chi connectivity index (χ2v) is 4.77. The monoisotopic (exact) mass is 231 g/mol.